The molecule has 28 heavy (non-hydrogen) atoms. The predicted molar refractivity (Wildman–Crippen MR) is 110 cm³/mol. The van der Waals surface area contributed by atoms with E-state index in [1.807, 2.05) is 45.9 Å². The van der Waals surface area contributed by atoms with Crippen LogP contribution in [0.5, 0.6) is 5.75 Å². The van der Waals surface area contributed by atoms with Gasteiger partial charge in [0.25, 0.3) is 0 Å². The first-order valence-electron chi connectivity index (χ1n) is 9.94. The lowest BCUT2D eigenvalue weighted by Gasteiger charge is -2.32. The Labute approximate surface area is 167 Å². The van der Waals surface area contributed by atoms with Crippen molar-refractivity contribution in [3.63, 3.8) is 0 Å². The topological polar surface area (TPSA) is 68.2 Å². The molecule has 0 saturated carbocycles. The maximum atomic E-state index is 11.0. The fourth-order valence-electron chi connectivity index (χ4n) is 3.41. The normalized spacial score (nSPS) is 21.5. The van der Waals surface area contributed by atoms with E-state index >= 15 is 0 Å². The zero-order valence-corrected chi connectivity index (χ0v) is 17.2. The van der Waals surface area contributed by atoms with Gasteiger partial charge in [0.05, 0.1) is 11.2 Å². The zero-order valence-electron chi connectivity index (χ0n) is 17.2. The molecule has 3 rings (SSSR count). The van der Waals surface area contributed by atoms with Gasteiger partial charge in [0.2, 0.25) is 0 Å². The van der Waals surface area contributed by atoms with Crippen LogP contribution in [0.15, 0.2) is 24.3 Å². The van der Waals surface area contributed by atoms with Crippen molar-refractivity contribution in [1.82, 2.24) is 4.90 Å². The van der Waals surface area contributed by atoms with E-state index in [1.54, 1.807) is 6.08 Å². The summed E-state index contributed by atoms with van der Waals surface area (Å²) < 4.78 is 18.2. The first-order valence-corrected chi connectivity index (χ1v) is 9.94. The van der Waals surface area contributed by atoms with Crippen LogP contribution in [0, 0.1) is 0 Å². The van der Waals surface area contributed by atoms with Gasteiger partial charge in [-0.1, -0.05) is 12.1 Å². The SMILES string of the molecule is CC1(C)OB(c2ccc(OCCN3CCCC3)c(/C=C/C(=O)O)c2)OC1(C)C. The van der Waals surface area contributed by atoms with Crippen molar-refractivity contribution in [3.8, 4) is 5.75 Å². The van der Waals surface area contributed by atoms with Gasteiger partial charge in [-0.15, -0.1) is 0 Å². The highest BCUT2D eigenvalue weighted by atomic mass is 16.7. The summed E-state index contributed by atoms with van der Waals surface area (Å²) in [6, 6.07) is 5.67. The van der Waals surface area contributed by atoms with Crippen molar-refractivity contribution in [2.75, 3.05) is 26.2 Å². The number of rotatable bonds is 7. The Balaban J connectivity index is 1.76. The molecule has 0 atom stereocenters. The van der Waals surface area contributed by atoms with Crippen molar-refractivity contribution in [3.05, 3.63) is 29.8 Å². The quantitative estimate of drug-likeness (QED) is 0.573. The van der Waals surface area contributed by atoms with Crippen LogP contribution in [0.1, 0.15) is 46.1 Å². The first kappa shape index (κ1) is 20.9. The highest BCUT2D eigenvalue weighted by molar-refractivity contribution is 6.62. The van der Waals surface area contributed by atoms with Gasteiger partial charge < -0.3 is 19.2 Å². The molecule has 1 N–H and O–H groups in total. The number of ether oxygens (including phenoxy) is 1. The highest BCUT2D eigenvalue weighted by Crippen LogP contribution is 2.36. The molecule has 0 radical (unpaired) electrons. The van der Waals surface area contributed by atoms with Crippen LogP contribution in [0.4, 0.5) is 0 Å². The minimum absolute atomic E-state index is 0.431. The smallest absolute Gasteiger partial charge is 0.492 e. The number of hydrogen-bond donors (Lipinski definition) is 1. The van der Waals surface area contributed by atoms with Gasteiger partial charge in [-0.3, -0.25) is 4.90 Å². The van der Waals surface area contributed by atoms with E-state index in [0.717, 1.165) is 31.2 Å². The summed E-state index contributed by atoms with van der Waals surface area (Å²) in [6.45, 7) is 11.7. The summed E-state index contributed by atoms with van der Waals surface area (Å²) in [7, 11) is -0.499. The summed E-state index contributed by atoms with van der Waals surface area (Å²) in [5.74, 6) is -0.332. The van der Waals surface area contributed by atoms with Crippen LogP contribution >= 0.6 is 0 Å². The number of aliphatic carboxylic acids is 1. The predicted octanol–water partition coefficient (Wildman–Crippen LogP) is 2.56. The van der Waals surface area contributed by atoms with E-state index in [1.165, 1.54) is 12.8 Å². The third-order valence-corrected chi connectivity index (χ3v) is 5.83. The van der Waals surface area contributed by atoms with Gasteiger partial charge in [-0.2, -0.15) is 0 Å². The Bertz CT molecular complexity index is 724. The number of carbonyl (C=O) groups is 1. The molecule has 0 spiro atoms. The van der Waals surface area contributed by atoms with Gasteiger partial charge >= 0.3 is 13.1 Å². The fourth-order valence-corrected chi connectivity index (χ4v) is 3.41. The molecule has 0 amide bonds. The molecule has 0 bridgehead atoms. The standard InChI is InChI=1S/C21H30BNO5/c1-20(2)21(3,4)28-22(27-20)17-8-9-18(16(15-17)7-10-19(24)25)26-14-13-23-11-5-6-12-23/h7-10,15H,5-6,11-14H2,1-4H3,(H,24,25)/b10-7+. The molecule has 152 valence electrons. The highest BCUT2D eigenvalue weighted by Gasteiger charge is 2.51. The number of likely N-dealkylation sites (tertiary alicyclic amines) is 1. The maximum Gasteiger partial charge on any atom is 0.494 e. The van der Waals surface area contributed by atoms with E-state index in [0.29, 0.717) is 17.9 Å². The second-order valence-electron chi connectivity index (χ2n) is 8.45. The molecule has 2 aliphatic heterocycles. The summed E-state index contributed by atoms with van der Waals surface area (Å²) in [5, 5.41) is 9.02. The molecule has 7 heteroatoms. The lowest BCUT2D eigenvalue weighted by atomic mass is 9.78. The second kappa shape index (κ2) is 8.27. The van der Waals surface area contributed by atoms with E-state index in [-0.39, 0.29) is 0 Å². The van der Waals surface area contributed by atoms with Crippen molar-refractivity contribution in [2.24, 2.45) is 0 Å². The average molecular weight is 387 g/mol. The van der Waals surface area contributed by atoms with Crippen LogP contribution in [-0.4, -0.2) is 60.5 Å². The fraction of sp³-hybridized carbons (Fsp3) is 0.571. The summed E-state index contributed by atoms with van der Waals surface area (Å²) in [5.41, 5.74) is 0.686. The maximum absolute atomic E-state index is 11.0. The van der Waals surface area contributed by atoms with Crippen LogP contribution in [-0.2, 0) is 14.1 Å². The molecule has 2 aliphatic rings. The molecule has 1 aromatic rings. The van der Waals surface area contributed by atoms with Gasteiger partial charge in [0, 0.05) is 18.2 Å². The minimum Gasteiger partial charge on any atom is -0.492 e. The van der Waals surface area contributed by atoms with Crippen LogP contribution in [0.3, 0.4) is 0 Å². The molecule has 6 nitrogen and oxygen atoms in total. The van der Waals surface area contributed by atoms with Gasteiger partial charge in [-0.05, 0) is 71.2 Å². The minimum atomic E-state index is -0.996. The Morgan fingerprint density at radius 3 is 2.46 bits per heavy atom. The number of carboxylic acids is 1. The average Bonchev–Trinajstić information content (AvgIpc) is 3.19. The lowest BCUT2D eigenvalue weighted by Crippen LogP contribution is -2.41. The molecular weight excluding hydrogens is 357 g/mol. The Morgan fingerprint density at radius 2 is 1.86 bits per heavy atom. The van der Waals surface area contributed by atoms with Crippen molar-refractivity contribution in [1.29, 1.82) is 0 Å². The zero-order chi connectivity index (χ0) is 20.4. The Kier molecular flexibility index (Phi) is 6.17. The van der Waals surface area contributed by atoms with Gasteiger partial charge in [0.15, 0.2) is 0 Å². The lowest BCUT2D eigenvalue weighted by molar-refractivity contribution is -0.131. The molecule has 0 aliphatic carbocycles. The first-order chi connectivity index (χ1) is 13.2. The second-order valence-corrected chi connectivity index (χ2v) is 8.45. The summed E-state index contributed by atoms with van der Waals surface area (Å²) >= 11 is 0. The molecular formula is C21H30BNO5. The van der Waals surface area contributed by atoms with Crippen molar-refractivity contribution in [2.45, 2.75) is 51.7 Å². The Morgan fingerprint density at radius 1 is 1.21 bits per heavy atom. The van der Waals surface area contributed by atoms with E-state index in [9.17, 15) is 4.79 Å². The van der Waals surface area contributed by atoms with E-state index in [4.69, 9.17) is 19.2 Å². The van der Waals surface area contributed by atoms with E-state index in [2.05, 4.69) is 4.90 Å². The third kappa shape index (κ3) is 4.77. The number of benzene rings is 1. The Hall–Kier alpha value is -1.83. The monoisotopic (exact) mass is 387 g/mol. The van der Waals surface area contributed by atoms with Gasteiger partial charge in [0.1, 0.15) is 12.4 Å². The third-order valence-electron chi connectivity index (χ3n) is 5.83. The largest absolute Gasteiger partial charge is 0.494 e. The molecule has 0 unspecified atom stereocenters. The summed E-state index contributed by atoms with van der Waals surface area (Å²) in [4.78, 5) is 13.4. The molecule has 2 heterocycles. The van der Waals surface area contributed by atoms with Crippen molar-refractivity contribution < 1.29 is 23.9 Å². The van der Waals surface area contributed by atoms with Crippen LogP contribution in [0.25, 0.3) is 6.08 Å². The number of hydrogen-bond acceptors (Lipinski definition) is 5. The number of nitrogens with zero attached hydrogens (tertiary/aromatic N) is 1. The van der Waals surface area contributed by atoms with Crippen molar-refractivity contribution >= 4 is 24.6 Å². The van der Waals surface area contributed by atoms with Crippen LogP contribution in [0.2, 0.25) is 0 Å². The van der Waals surface area contributed by atoms with E-state index < -0.39 is 24.3 Å². The molecule has 0 aromatic heterocycles. The molecule has 2 fully saturated rings. The van der Waals surface area contributed by atoms with Crippen LogP contribution < -0.4 is 10.2 Å². The molecule has 2 saturated heterocycles. The summed E-state index contributed by atoms with van der Waals surface area (Å²) in [6.07, 6.45) is 5.17. The number of carboxylic acid groups (broad SMARTS) is 1. The van der Waals surface area contributed by atoms with Gasteiger partial charge in [-0.25, -0.2) is 4.79 Å². The molecule has 1 aromatic carbocycles.